The number of hydrogen-bond donors (Lipinski definition) is 2. The first kappa shape index (κ1) is 22.5. The molecular weight excluding hydrogens is 378 g/mol. The quantitative estimate of drug-likeness (QED) is 0.448. The van der Waals surface area contributed by atoms with E-state index < -0.39 is 6.10 Å². The summed E-state index contributed by atoms with van der Waals surface area (Å²) in [5.74, 6) is 1.43. The number of unbranched alkanes of at least 4 members (excludes halogenated alkanes) is 3. The van der Waals surface area contributed by atoms with Crippen LogP contribution in [0.25, 0.3) is 0 Å². The molecular formula is C25H35NO4. The van der Waals surface area contributed by atoms with Gasteiger partial charge in [0.05, 0.1) is 6.10 Å². The maximum absolute atomic E-state index is 12.2. The van der Waals surface area contributed by atoms with Crippen molar-refractivity contribution >= 4 is 11.7 Å². The van der Waals surface area contributed by atoms with Crippen molar-refractivity contribution in [2.75, 3.05) is 6.61 Å². The lowest BCUT2D eigenvalue weighted by molar-refractivity contribution is -0.121. The minimum absolute atomic E-state index is 0.0467. The Morgan fingerprint density at radius 1 is 1.10 bits per heavy atom. The first-order valence-corrected chi connectivity index (χ1v) is 11.5. The molecule has 0 saturated heterocycles. The number of aliphatic hydroxyl groups is 1. The summed E-state index contributed by atoms with van der Waals surface area (Å²) >= 11 is 0. The smallest absolute Gasteiger partial charge is 0.220 e. The Kier molecular flexibility index (Phi) is 8.94. The van der Waals surface area contributed by atoms with Crippen molar-refractivity contribution in [3.05, 3.63) is 42.5 Å². The molecule has 1 aromatic rings. The van der Waals surface area contributed by atoms with E-state index in [9.17, 15) is 14.7 Å². The first-order valence-electron chi connectivity index (χ1n) is 11.5. The number of hydrogen-bond acceptors (Lipinski definition) is 4. The number of benzene rings is 1. The lowest BCUT2D eigenvalue weighted by atomic mass is 9.86. The highest BCUT2D eigenvalue weighted by Gasteiger charge is 2.29. The average molecular weight is 414 g/mol. The van der Waals surface area contributed by atoms with Crippen LogP contribution >= 0.6 is 0 Å². The Balaban J connectivity index is 1.26. The number of para-hydroxylation sites is 1. The van der Waals surface area contributed by atoms with Crippen LogP contribution in [-0.2, 0) is 9.59 Å². The van der Waals surface area contributed by atoms with E-state index in [1.807, 2.05) is 36.4 Å². The highest BCUT2D eigenvalue weighted by Crippen LogP contribution is 2.31. The molecule has 3 rings (SSSR count). The van der Waals surface area contributed by atoms with Gasteiger partial charge in [-0.25, -0.2) is 0 Å². The van der Waals surface area contributed by atoms with E-state index in [1.165, 1.54) is 0 Å². The minimum Gasteiger partial charge on any atom is -0.491 e. The van der Waals surface area contributed by atoms with Crippen molar-refractivity contribution in [3.63, 3.8) is 0 Å². The number of nitrogens with one attached hydrogen (secondary N) is 1. The molecule has 0 aliphatic heterocycles. The molecule has 5 heteroatoms. The molecule has 2 aliphatic rings. The number of carbonyl (C=O) groups excluding carboxylic acids is 2. The number of amides is 1. The van der Waals surface area contributed by atoms with Crippen LogP contribution in [0, 0.1) is 11.8 Å². The zero-order valence-electron chi connectivity index (χ0n) is 17.8. The molecule has 164 valence electrons. The summed E-state index contributed by atoms with van der Waals surface area (Å²) in [5.41, 5.74) is 0. The van der Waals surface area contributed by atoms with E-state index in [-0.39, 0.29) is 30.1 Å². The van der Waals surface area contributed by atoms with E-state index in [2.05, 4.69) is 5.32 Å². The van der Waals surface area contributed by atoms with Crippen LogP contribution < -0.4 is 10.1 Å². The summed E-state index contributed by atoms with van der Waals surface area (Å²) in [6, 6.07) is 9.94. The van der Waals surface area contributed by atoms with Crippen molar-refractivity contribution in [2.24, 2.45) is 11.8 Å². The minimum atomic E-state index is -0.531. The molecule has 5 nitrogen and oxygen atoms in total. The lowest BCUT2D eigenvalue weighted by Gasteiger charge is -2.20. The molecule has 0 aromatic heterocycles. The molecule has 0 radical (unpaired) electrons. The van der Waals surface area contributed by atoms with Crippen LogP contribution in [0.15, 0.2) is 42.5 Å². The number of carbonyl (C=O) groups is 2. The lowest BCUT2D eigenvalue weighted by Crippen LogP contribution is -2.24. The van der Waals surface area contributed by atoms with E-state index in [4.69, 9.17) is 4.74 Å². The van der Waals surface area contributed by atoms with E-state index >= 15 is 0 Å². The van der Waals surface area contributed by atoms with Gasteiger partial charge in [0.2, 0.25) is 5.91 Å². The summed E-state index contributed by atoms with van der Waals surface area (Å²) in [5, 5.41) is 13.3. The number of aliphatic hydroxyl groups excluding tert-OH is 1. The van der Waals surface area contributed by atoms with Crippen LogP contribution in [0.5, 0.6) is 5.75 Å². The number of ketones is 1. The van der Waals surface area contributed by atoms with Gasteiger partial charge in [0.15, 0.2) is 5.78 Å². The second-order valence-corrected chi connectivity index (χ2v) is 8.68. The topological polar surface area (TPSA) is 75.6 Å². The largest absolute Gasteiger partial charge is 0.491 e. The van der Waals surface area contributed by atoms with E-state index in [1.54, 1.807) is 6.08 Å². The highest BCUT2D eigenvalue weighted by atomic mass is 16.5. The third kappa shape index (κ3) is 7.94. The van der Waals surface area contributed by atoms with Gasteiger partial charge in [-0.3, -0.25) is 9.59 Å². The summed E-state index contributed by atoms with van der Waals surface area (Å²) in [6.45, 7) is 0.271. The fraction of sp³-hybridized carbons (Fsp3) is 0.600. The Hall–Kier alpha value is -2.14. The SMILES string of the molecule is O=C(CCCCCCC1C(=O)C=C[C@@H]1CC[C@@H](O)COc1ccccc1)NC1CC1. The normalized spacial score (nSPS) is 21.6. The van der Waals surface area contributed by atoms with Gasteiger partial charge in [-0.1, -0.05) is 43.5 Å². The Morgan fingerprint density at radius 3 is 2.63 bits per heavy atom. The molecule has 1 aromatic carbocycles. The molecule has 1 fully saturated rings. The number of rotatable bonds is 14. The Bertz CT molecular complexity index is 698. The van der Waals surface area contributed by atoms with E-state index in [0.29, 0.717) is 18.9 Å². The van der Waals surface area contributed by atoms with Crippen LogP contribution in [-0.4, -0.2) is 35.5 Å². The van der Waals surface area contributed by atoms with Crippen molar-refractivity contribution in [1.29, 1.82) is 0 Å². The predicted molar refractivity (Wildman–Crippen MR) is 117 cm³/mol. The zero-order chi connectivity index (χ0) is 21.2. The average Bonchev–Trinajstić information content (AvgIpc) is 3.50. The molecule has 2 N–H and O–H groups in total. The van der Waals surface area contributed by atoms with Crippen LogP contribution in [0.2, 0.25) is 0 Å². The van der Waals surface area contributed by atoms with Crippen LogP contribution in [0.3, 0.4) is 0 Å². The van der Waals surface area contributed by atoms with Gasteiger partial charge in [-0.05, 0) is 62.7 Å². The molecule has 1 unspecified atom stereocenters. The van der Waals surface area contributed by atoms with Crippen molar-refractivity contribution < 1.29 is 19.4 Å². The van der Waals surface area contributed by atoms with Crippen molar-refractivity contribution in [3.8, 4) is 5.75 Å². The van der Waals surface area contributed by atoms with Crippen LogP contribution in [0.1, 0.15) is 64.2 Å². The maximum Gasteiger partial charge on any atom is 0.220 e. The molecule has 0 bridgehead atoms. The molecule has 1 amide bonds. The monoisotopic (exact) mass is 413 g/mol. The summed E-state index contributed by atoms with van der Waals surface area (Å²) in [4.78, 5) is 23.9. The van der Waals surface area contributed by atoms with E-state index in [0.717, 1.165) is 57.1 Å². The number of ether oxygens (including phenoxy) is 1. The zero-order valence-corrected chi connectivity index (χ0v) is 17.8. The summed E-state index contributed by atoms with van der Waals surface area (Å²) < 4.78 is 5.61. The van der Waals surface area contributed by atoms with Crippen molar-refractivity contribution in [1.82, 2.24) is 5.32 Å². The molecule has 3 atom stereocenters. The summed E-state index contributed by atoms with van der Waals surface area (Å²) in [6.07, 6.45) is 12.4. The number of allylic oxidation sites excluding steroid dienone is 2. The maximum atomic E-state index is 12.2. The van der Waals surface area contributed by atoms with Gasteiger partial charge in [0.1, 0.15) is 12.4 Å². The van der Waals surface area contributed by atoms with Gasteiger partial charge in [-0.15, -0.1) is 0 Å². The fourth-order valence-corrected chi connectivity index (χ4v) is 4.05. The van der Waals surface area contributed by atoms with Gasteiger partial charge in [0.25, 0.3) is 0 Å². The van der Waals surface area contributed by atoms with Crippen molar-refractivity contribution in [2.45, 2.75) is 76.4 Å². The van der Waals surface area contributed by atoms with Gasteiger partial charge >= 0.3 is 0 Å². The Labute approximate surface area is 179 Å². The third-order valence-corrected chi connectivity index (χ3v) is 6.02. The standard InChI is InChI=1S/C25H35NO4/c27-21(18-30-22-8-4-3-5-9-22)16-12-19-13-17-24(28)23(19)10-6-1-2-7-11-25(29)26-20-14-15-20/h3-5,8-9,13,17,19-21,23,27H,1-2,6-7,10-12,14-16,18H2,(H,26,29)/t19-,21+,23?/m0/s1. The van der Waals surface area contributed by atoms with Gasteiger partial charge in [-0.2, -0.15) is 0 Å². The fourth-order valence-electron chi connectivity index (χ4n) is 4.05. The Morgan fingerprint density at radius 2 is 1.87 bits per heavy atom. The molecule has 0 heterocycles. The third-order valence-electron chi connectivity index (χ3n) is 6.02. The van der Waals surface area contributed by atoms with Gasteiger partial charge in [0, 0.05) is 18.4 Å². The second kappa shape index (κ2) is 11.9. The molecule has 30 heavy (non-hydrogen) atoms. The predicted octanol–water partition coefficient (Wildman–Crippen LogP) is 4.20. The molecule has 0 spiro atoms. The first-order chi connectivity index (χ1) is 14.6. The van der Waals surface area contributed by atoms with Crippen LogP contribution in [0.4, 0.5) is 0 Å². The molecule has 2 aliphatic carbocycles. The molecule has 1 saturated carbocycles. The highest BCUT2D eigenvalue weighted by molar-refractivity contribution is 5.94. The summed E-state index contributed by atoms with van der Waals surface area (Å²) in [7, 11) is 0. The second-order valence-electron chi connectivity index (χ2n) is 8.68. The van der Waals surface area contributed by atoms with Gasteiger partial charge < -0.3 is 15.2 Å².